The Balaban J connectivity index is 1.32. The minimum Gasteiger partial charge on any atom is -0.497 e. The number of halogens is 1. The van der Waals surface area contributed by atoms with Crippen LogP contribution in [0.3, 0.4) is 0 Å². The van der Waals surface area contributed by atoms with Gasteiger partial charge in [-0.05, 0) is 62.8 Å². The molecule has 1 unspecified atom stereocenters. The van der Waals surface area contributed by atoms with Crippen molar-refractivity contribution in [1.82, 2.24) is 14.9 Å². The van der Waals surface area contributed by atoms with Crippen LogP contribution in [0.5, 0.6) is 11.5 Å². The first-order chi connectivity index (χ1) is 18.0. The quantitative estimate of drug-likeness (QED) is 0.267. The van der Waals surface area contributed by atoms with Gasteiger partial charge in [-0.15, -0.1) is 0 Å². The fourth-order valence-corrected chi connectivity index (χ4v) is 5.49. The number of thiazole rings is 1. The number of pyridine rings is 1. The van der Waals surface area contributed by atoms with Crippen LogP contribution in [-0.2, 0) is 0 Å². The van der Waals surface area contributed by atoms with Crippen molar-refractivity contribution in [3.8, 4) is 17.6 Å². The maximum absolute atomic E-state index is 9.70. The average Bonchev–Trinajstić information content (AvgIpc) is 3.32. The number of methoxy groups -OCH3 is 1. The van der Waals surface area contributed by atoms with Crippen LogP contribution in [0.15, 0.2) is 48.7 Å². The number of likely N-dealkylation sites (tertiary alicyclic amines) is 1. The fraction of sp³-hybridized carbons (Fsp3) is 0.296. The number of ether oxygens (including phenoxy) is 2. The molecular formula is C27H27ClN6O2S. The minimum atomic E-state index is 0.396. The predicted molar refractivity (Wildman–Crippen MR) is 149 cm³/mol. The summed E-state index contributed by atoms with van der Waals surface area (Å²) in [7, 11) is 3.76. The van der Waals surface area contributed by atoms with E-state index in [4.69, 9.17) is 21.1 Å². The molecule has 0 bridgehead atoms. The summed E-state index contributed by atoms with van der Waals surface area (Å²) >= 11 is 7.80. The summed E-state index contributed by atoms with van der Waals surface area (Å²) in [6, 6.07) is 15.4. The van der Waals surface area contributed by atoms with Gasteiger partial charge in [-0.3, -0.25) is 0 Å². The van der Waals surface area contributed by atoms with Crippen LogP contribution < -0.4 is 20.1 Å². The van der Waals surface area contributed by atoms with Gasteiger partial charge in [0.25, 0.3) is 0 Å². The first-order valence-corrected chi connectivity index (χ1v) is 13.2. The molecule has 37 heavy (non-hydrogen) atoms. The van der Waals surface area contributed by atoms with Crippen LogP contribution in [-0.4, -0.2) is 48.7 Å². The number of aromatic nitrogens is 2. The number of hydrogen-bond donors (Lipinski definition) is 2. The lowest BCUT2D eigenvalue weighted by Gasteiger charge is -2.29. The summed E-state index contributed by atoms with van der Waals surface area (Å²) in [6.45, 7) is 2.98. The highest BCUT2D eigenvalue weighted by atomic mass is 35.5. The summed E-state index contributed by atoms with van der Waals surface area (Å²) < 4.78 is 12.1. The number of benzene rings is 2. The summed E-state index contributed by atoms with van der Waals surface area (Å²) in [5, 5.41) is 17.5. The van der Waals surface area contributed by atoms with Crippen molar-refractivity contribution < 1.29 is 9.47 Å². The van der Waals surface area contributed by atoms with Crippen LogP contribution in [0.2, 0.25) is 5.02 Å². The van der Waals surface area contributed by atoms with E-state index in [0.717, 1.165) is 29.3 Å². The topological polar surface area (TPSA) is 95.3 Å². The average molecular weight is 535 g/mol. The first-order valence-electron chi connectivity index (χ1n) is 12.0. The van der Waals surface area contributed by atoms with E-state index in [1.807, 2.05) is 24.3 Å². The molecule has 2 aromatic heterocycles. The lowest BCUT2D eigenvalue weighted by Crippen LogP contribution is -2.34. The van der Waals surface area contributed by atoms with E-state index < -0.39 is 0 Å². The monoisotopic (exact) mass is 534 g/mol. The molecule has 0 amide bonds. The Morgan fingerprint density at radius 3 is 2.76 bits per heavy atom. The highest BCUT2D eigenvalue weighted by Gasteiger charge is 2.18. The van der Waals surface area contributed by atoms with Crippen molar-refractivity contribution in [3.05, 3.63) is 59.2 Å². The standard InChI is InChI=1S/C27H27ClN6O2S/c1-34-11-3-4-17(15-34)16-36-20-7-5-19(6-8-20)31-27-33-26-25(37-27)24(18(13-29)14-30-26)32-23-12-21(35-2)9-10-22(23)28/h5-10,12,14,17H,3-4,11,15-16H2,1-2H3,(H2,30,31,32,33). The Bertz CT molecular complexity index is 1440. The summed E-state index contributed by atoms with van der Waals surface area (Å²) in [5.74, 6) is 2.07. The summed E-state index contributed by atoms with van der Waals surface area (Å²) in [4.78, 5) is 11.4. The van der Waals surface area contributed by atoms with Gasteiger partial charge in [0.15, 0.2) is 10.8 Å². The molecule has 1 aliphatic heterocycles. The zero-order chi connectivity index (χ0) is 25.8. The van der Waals surface area contributed by atoms with Crippen molar-refractivity contribution in [2.45, 2.75) is 12.8 Å². The SMILES string of the molecule is COc1ccc(Cl)c(Nc2c(C#N)cnc3nc(Nc4ccc(OCC5CCCN(C)C5)cc4)sc23)c1. The molecule has 0 spiro atoms. The predicted octanol–water partition coefficient (Wildman–Crippen LogP) is 6.43. The summed E-state index contributed by atoms with van der Waals surface area (Å²) in [5.41, 5.74) is 3.04. The second kappa shape index (κ2) is 11.2. The molecule has 10 heteroatoms. The Morgan fingerprint density at radius 1 is 1.19 bits per heavy atom. The Kier molecular flexibility index (Phi) is 7.60. The van der Waals surface area contributed by atoms with E-state index in [9.17, 15) is 5.26 Å². The number of hydrogen-bond acceptors (Lipinski definition) is 9. The number of piperidine rings is 1. The molecule has 1 atom stereocenters. The third-order valence-corrected chi connectivity index (χ3v) is 7.60. The maximum atomic E-state index is 9.70. The van der Waals surface area contributed by atoms with E-state index in [0.29, 0.717) is 44.4 Å². The smallest absolute Gasteiger partial charge is 0.189 e. The fourth-order valence-electron chi connectivity index (χ4n) is 4.38. The van der Waals surface area contributed by atoms with E-state index >= 15 is 0 Å². The molecular weight excluding hydrogens is 508 g/mol. The van der Waals surface area contributed by atoms with E-state index in [-0.39, 0.29) is 0 Å². The number of nitrogens with zero attached hydrogens (tertiary/aromatic N) is 4. The molecule has 8 nitrogen and oxygen atoms in total. The molecule has 0 radical (unpaired) electrons. The molecule has 2 N–H and O–H groups in total. The molecule has 1 saturated heterocycles. The first kappa shape index (κ1) is 25.1. The van der Waals surface area contributed by atoms with E-state index in [1.54, 1.807) is 25.3 Å². The van der Waals surface area contributed by atoms with Crippen LogP contribution in [0.25, 0.3) is 10.3 Å². The third kappa shape index (κ3) is 5.88. The molecule has 5 rings (SSSR count). The van der Waals surface area contributed by atoms with Crippen molar-refractivity contribution in [2.24, 2.45) is 5.92 Å². The van der Waals surface area contributed by atoms with E-state index in [2.05, 4.69) is 38.6 Å². The van der Waals surface area contributed by atoms with Crippen LogP contribution in [0.4, 0.5) is 22.2 Å². The lowest BCUT2D eigenvalue weighted by molar-refractivity contribution is 0.150. The van der Waals surface area contributed by atoms with Gasteiger partial charge in [0.2, 0.25) is 0 Å². The number of nitrogens with one attached hydrogen (secondary N) is 2. The maximum Gasteiger partial charge on any atom is 0.189 e. The van der Waals surface area contributed by atoms with Crippen molar-refractivity contribution in [2.75, 3.05) is 44.5 Å². The lowest BCUT2D eigenvalue weighted by atomic mass is 10.00. The zero-order valence-corrected chi connectivity index (χ0v) is 22.2. The van der Waals surface area contributed by atoms with Gasteiger partial charge in [0.1, 0.15) is 22.3 Å². The molecule has 0 aliphatic carbocycles. The molecule has 4 aromatic rings. The van der Waals surface area contributed by atoms with Gasteiger partial charge >= 0.3 is 0 Å². The Morgan fingerprint density at radius 2 is 2.00 bits per heavy atom. The number of nitriles is 1. The Hall–Kier alpha value is -3.58. The van der Waals surface area contributed by atoms with Gasteiger partial charge < -0.3 is 25.0 Å². The Labute approximate surface area is 224 Å². The molecule has 3 heterocycles. The van der Waals surface area contributed by atoms with Gasteiger partial charge in [-0.2, -0.15) is 10.2 Å². The van der Waals surface area contributed by atoms with Gasteiger partial charge in [0.05, 0.1) is 35.7 Å². The highest BCUT2D eigenvalue weighted by Crippen LogP contribution is 2.38. The number of anilines is 4. The minimum absolute atomic E-state index is 0.396. The van der Waals surface area contributed by atoms with E-state index in [1.165, 1.54) is 36.9 Å². The van der Waals surface area contributed by atoms with Crippen LogP contribution in [0, 0.1) is 17.2 Å². The zero-order valence-electron chi connectivity index (χ0n) is 20.6. The van der Waals surface area contributed by atoms with Gasteiger partial charge in [-0.1, -0.05) is 22.9 Å². The van der Waals surface area contributed by atoms with Gasteiger partial charge in [-0.25, -0.2) is 4.98 Å². The highest BCUT2D eigenvalue weighted by molar-refractivity contribution is 7.22. The molecule has 190 valence electrons. The van der Waals surface area contributed by atoms with Crippen molar-refractivity contribution >= 4 is 55.5 Å². The second-order valence-corrected chi connectivity index (χ2v) is 10.4. The van der Waals surface area contributed by atoms with Crippen LogP contribution >= 0.6 is 22.9 Å². The number of rotatable bonds is 8. The summed E-state index contributed by atoms with van der Waals surface area (Å²) in [6.07, 6.45) is 3.95. The van der Waals surface area contributed by atoms with Crippen molar-refractivity contribution in [1.29, 1.82) is 5.26 Å². The molecule has 0 saturated carbocycles. The largest absolute Gasteiger partial charge is 0.497 e. The van der Waals surface area contributed by atoms with Gasteiger partial charge in [0, 0.05) is 30.4 Å². The molecule has 2 aromatic carbocycles. The normalized spacial score (nSPS) is 15.8. The number of fused-ring (bicyclic) bond motifs is 1. The second-order valence-electron chi connectivity index (χ2n) is 9.03. The van der Waals surface area contributed by atoms with Crippen molar-refractivity contribution in [3.63, 3.8) is 0 Å². The third-order valence-electron chi connectivity index (χ3n) is 6.29. The van der Waals surface area contributed by atoms with Crippen LogP contribution in [0.1, 0.15) is 18.4 Å². The molecule has 1 aliphatic rings. The molecule has 1 fully saturated rings.